The van der Waals surface area contributed by atoms with E-state index in [4.69, 9.17) is 0 Å². The molecule has 0 bridgehead atoms. The molecule has 1 saturated heterocycles. The standard InChI is InChI=1S/C21H24FN7O2/c1-3-27-8-9-28(13(2)11-27)20(31)29-12-15-17(21(29)6-7-21)25-26-18(15)24-19(30)16-5-4-14(22)10-23-16/h4-7,10,13H,3,8-9,11-12H2,1-2H3,(H2,24,25,26,30)/t13-/m0/s1. The van der Waals surface area contributed by atoms with Gasteiger partial charge in [0, 0.05) is 31.2 Å². The number of rotatable bonds is 3. The number of piperazine rings is 1. The third-order valence-corrected chi connectivity index (χ3v) is 6.34. The number of aromatic amines is 1. The van der Waals surface area contributed by atoms with Crippen molar-refractivity contribution >= 4 is 17.8 Å². The molecule has 4 heterocycles. The molecule has 0 saturated carbocycles. The molecule has 2 aliphatic heterocycles. The highest BCUT2D eigenvalue weighted by molar-refractivity contribution is 6.02. The molecule has 0 radical (unpaired) electrons. The van der Waals surface area contributed by atoms with Crippen molar-refractivity contribution in [3.63, 3.8) is 0 Å². The number of nitrogens with zero attached hydrogens (tertiary/aromatic N) is 5. The second-order valence-electron chi connectivity index (χ2n) is 8.20. The molecule has 2 N–H and O–H groups in total. The summed E-state index contributed by atoms with van der Waals surface area (Å²) in [6, 6.07) is 2.60. The highest BCUT2D eigenvalue weighted by Gasteiger charge is 2.54. The normalized spacial score (nSPS) is 21.5. The lowest BCUT2D eigenvalue weighted by Crippen LogP contribution is -2.57. The summed E-state index contributed by atoms with van der Waals surface area (Å²) in [7, 11) is 0. The predicted octanol–water partition coefficient (Wildman–Crippen LogP) is 1.92. The molecule has 1 fully saturated rings. The lowest BCUT2D eigenvalue weighted by molar-refractivity contribution is 0.0749. The average molecular weight is 425 g/mol. The van der Waals surface area contributed by atoms with Crippen molar-refractivity contribution in [1.29, 1.82) is 0 Å². The van der Waals surface area contributed by atoms with Crippen LogP contribution in [0.5, 0.6) is 0 Å². The van der Waals surface area contributed by atoms with Gasteiger partial charge in [-0.25, -0.2) is 14.2 Å². The number of pyridine rings is 1. The number of carbonyl (C=O) groups excluding carboxylic acids is 2. The summed E-state index contributed by atoms with van der Waals surface area (Å²) in [5.41, 5.74) is 1.06. The number of urea groups is 1. The largest absolute Gasteiger partial charge is 0.321 e. The van der Waals surface area contributed by atoms with Gasteiger partial charge in [0.15, 0.2) is 5.82 Å². The van der Waals surface area contributed by atoms with E-state index in [1.807, 2.05) is 22.0 Å². The van der Waals surface area contributed by atoms with E-state index in [1.165, 1.54) is 12.1 Å². The lowest BCUT2D eigenvalue weighted by Gasteiger charge is -2.42. The quantitative estimate of drug-likeness (QED) is 0.733. The molecule has 3 amide bonds. The second kappa shape index (κ2) is 7.16. The molecule has 31 heavy (non-hydrogen) atoms. The predicted molar refractivity (Wildman–Crippen MR) is 111 cm³/mol. The maximum absolute atomic E-state index is 13.4. The number of likely N-dealkylation sites (N-methyl/N-ethyl adjacent to an activating group) is 1. The average Bonchev–Trinajstić information content (AvgIpc) is 3.36. The number of nitrogens with one attached hydrogen (secondary N) is 2. The minimum Gasteiger partial charge on any atom is -0.319 e. The van der Waals surface area contributed by atoms with Crippen LogP contribution in [0.2, 0.25) is 0 Å². The van der Waals surface area contributed by atoms with Gasteiger partial charge in [-0.15, -0.1) is 0 Å². The Labute approximate surface area is 178 Å². The number of halogens is 1. The van der Waals surface area contributed by atoms with Crippen LogP contribution in [0.3, 0.4) is 0 Å². The maximum Gasteiger partial charge on any atom is 0.321 e. The lowest BCUT2D eigenvalue weighted by atomic mass is 10.1. The van der Waals surface area contributed by atoms with Crippen LogP contribution < -0.4 is 5.32 Å². The van der Waals surface area contributed by atoms with E-state index in [2.05, 4.69) is 39.2 Å². The van der Waals surface area contributed by atoms with Crippen molar-refractivity contribution in [2.24, 2.45) is 0 Å². The first-order chi connectivity index (χ1) is 14.9. The highest BCUT2D eigenvalue weighted by Crippen LogP contribution is 2.50. The molecule has 0 aromatic carbocycles. The monoisotopic (exact) mass is 425 g/mol. The molecule has 3 aliphatic rings. The first-order valence-electron chi connectivity index (χ1n) is 10.4. The number of H-pyrrole nitrogens is 1. The summed E-state index contributed by atoms with van der Waals surface area (Å²) < 4.78 is 13.1. The van der Waals surface area contributed by atoms with E-state index in [-0.39, 0.29) is 17.8 Å². The van der Waals surface area contributed by atoms with Gasteiger partial charge in [0.05, 0.1) is 18.4 Å². The molecule has 162 valence electrons. The molecule has 2 aromatic rings. The van der Waals surface area contributed by atoms with E-state index in [9.17, 15) is 14.0 Å². The van der Waals surface area contributed by atoms with E-state index in [0.717, 1.165) is 37.1 Å². The zero-order valence-corrected chi connectivity index (χ0v) is 17.4. The minimum absolute atomic E-state index is 0.0182. The Kier molecular flexibility index (Phi) is 4.54. The van der Waals surface area contributed by atoms with E-state index in [0.29, 0.717) is 18.9 Å². The summed E-state index contributed by atoms with van der Waals surface area (Å²) in [5, 5.41) is 9.97. The zero-order valence-electron chi connectivity index (χ0n) is 17.4. The second-order valence-corrected chi connectivity index (χ2v) is 8.20. The number of amides is 3. The summed E-state index contributed by atoms with van der Waals surface area (Å²) in [5.74, 6) is -0.637. The molecule has 9 nitrogen and oxygen atoms in total. The molecular weight excluding hydrogens is 401 g/mol. The number of hydrogen-bond acceptors (Lipinski definition) is 5. The third kappa shape index (κ3) is 3.18. The molecule has 1 spiro atoms. The Morgan fingerprint density at radius 2 is 2.13 bits per heavy atom. The summed E-state index contributed by atoms with van der Waals surface area (Å²) in [6.07, 6.45) is 4.93. The zero-order chi connectivity index (χ0) is 21.8. The first kappa shape index (κ1) is 19.7. The van der Waals surface area contributed by atoms with Gasteiger partial charge in [-0.3, -0.25) is 14.8 Å². The maximum atomic E-state index is 13.4. The Bertz CT molecular complexity index is 1060. The molecule has 0 unspecified atom stereocenters. The van der Waals surface area contributed by atoms with Crippen molar-refractivity contribution in [3.8, 4) is 0 Å². The summed E-state index contributed by atoms with van der Waals surface area (Å²) in [6.45, 7) is 7.92. The van der Waals surface area contributed by atoms with Gasteiger partial charge in [-0.05, 0) is 37.8 Å². The third-order valence-electron chi connectivity index (χ3n) is 6.34. The van der Waals surface area contributed by atoms with Gasteiger partial charge in [-0.2, -0.15) is 5.10 Å². The minimum atomic E-state index is -0.599. The van der Waals surface area contributed by atoms with Gasteiger partial charge >= 0.3 is 6.03 Å². The van der Waals surface area contributed by atoms with Gasteiger partial charge in [0.2, 0.25) is 0 Å². The SMILES string of the molecule is CCN1CCN(C(=O)N2Cc3c(NC(=O)c4ccc(F)cn4)n[nH]c3C23C=C3)[C@@H](C)C1. The van der Waals surface area contributed by atoms with Crippen molar-refractivity contribution in [2.75, 3.05) is 31.5 Å². The summed E-state index contributed by atoms with van der Waals surface area (Å²) in [4.78, 5) is 35.8. The van der Waals surface area contributed by atoms with Crippen LogP contribution in [0.15, 0.2) is 30.5 Å². The summed E-state index contributed by atoms with van der Waals surface area (Å²) >= 11 is 0. The Balaban J connectivity index is 1.34. The fourth-order valence-electron chi connectivity index (χ4n) is 4.47. The van der Waals surface area contributed by atoms with Gasteiger partial charge in [0.1, 0.15) is 17.1 Å². The Hall–Kier alpha value is -3.27. The van der Waals surface area contributed by atoms with Crippen molar-refractivity contribution in [2.45, 2.75) is 32.0 Å². The van der Waals surface area contributed by atoms with Gasteiger partial charge < -0.3 is 15.1 Å². The van der Waals surface area contributed by atoms with Crippen LogP contribution in [0, 0.1) is 5.82 Å². The fourth-order valence-corrected chi connectivity index (χ4v) is 4.47. The van der Waals surface area contributed by atoms with Crippen molar-refractivity contribution < 1.29 is 14.0 Å². The number of aromatic nitrogens is 3. The molecule has 2 aromatic heterocycles. The topological polar surface area (TPSA) is 97.5 Å². The van der Waals surface area contributed by atoms with Crippen LogP contribution >= 0.6 is 0 Å². The Morgan fingerprint density at radius 1 is 1.32 bits per heavy atom. The van der Waals surface area contributed by atoms with Gasteiger partial charge in [0.25, 0.3) is 5.91 Å². The molecule has 1 atom stereocenters. The first-order valence-corrected chi connectivity index (χ1v) is 10.4. The van der Waals surface area contributed by atoms with Crippen LogP contribution in [0.4, 0.5) is 15.0 Å². The number of fused-ring (bicyclic) bond motifs is 2. The number of carbonyl (C=O) groups is 2. The van der Waals surface area contributed by atoms with Gasteiger partial charge in [-0.1, -0.05) is 6.92 Å². The van der Waals surface area contributed by atoms with Crippen LogP contribution in [0.25, 0.3) is 0 Å². The number of anilines is 1. The van der Waals surface area contributed by atoms with Crippen molar-refractivity contribution in [1.82, 2.24) is 29.9 Å². The van der Waals surface area contributed by atoms with Crippen LogP contribution in [0.1, 0.15) is 35.6 Å². The molecule has 1 aliphatic carbocycles. The fraction of sp³-hybridized carbons (Fsp3) is 0.429. The van der Waals surface area contributed by atoms with E-state index in [1.54, 1.807) is 0 Å². The Morgan fingerprint density at radius 3 is 2.77 bits per heavy atom. The molecule has 5 rings (SSSR count). The van der Waals surface area contributed by atoms with Crippen LogP contribution in [-0.4, -0.2) is 74.0 Å². The smallest absolute Gasteiger partial charge is 0.319 e. The number of hydrogen-bond donors (Lipinski definition) is 2. The van der Waals surface area contributed by atoms with Crippen molar-refractivity contribution in [3.05, 3.63) is 53.3 Å². The highest BCUT2D eigenvalue weighted by atomic mass is 19.1. The molecular formula is C21H24FN7O2. The van der Waals surface area contributed by atoms with Crippen LogP contribution in [-0.2, 0) is 12.1 Å². The van der Waals surface area contributed by atoms with E-state index >= 15 is 0 Å². The molecule has 10 heteroatoms. The van der Waals surface area contributed by atoms with E-state index < -0.39 is 17.3 Å².